The van der Waals surface area contributed by atoms with Gasteiger partial charge in [-0.3, -0.25) is 18.7 Å². The topological polar surface area (TPSA) is 105 Å². The molecule has 0 saturated carbocycles. The average molecular weight is 368 g/mol. The Labute approximate surface area is 148 Å². The number of fused-ring (bicyclic) bond motifs is 1. The van der Waals surface area contributed by atoms with E-state index in [1.165, 1.54) is 32.9 Å². The first-order valence-electron chi connectivity index (χ1n) is 7.55. The van der Waals surface area contributed by atoms with Crippen LogP contribution in [0.1, 0.15) is 19.2 Å². The summed E-state index contributed by atoms with van der Waals surface area (Å²) in [5.41, 5.74) is -0.794. The van der Waals surface area contributed by atoms with E-state index in [0.717, 1.165) is 16.3 Å². The lowest BCUT2D eigenvalue weighted by molar-refractivity contribution is -0.140. The molecule has 0 unspecified atom stereocenters. The molecule has 0 amide bonds. The van der Waals surface area contributed by atoms with E-state index >= 15 is 0 Å². The van der Waals surface area contributed by atoms with E-state index in [1.807, 2.05) is 6.92 Å². The van der Waals surface area contributed by atoms with Crippen molar-refractivity contribution in [2.75, 3.05) is 14.2 Å². The van der Waals surface area contributed by atoms with E-state index in [-0.39, 0.29) is 17.6 Å². The number of aryl methyl sites for hydroxylation is 1. The third-order valence-electron chi connectivity index (χ3n) is 3.68. The molecule has 0 saturated heterocycles. The second-order valence-corrected chi connectivity index (χ2v) is 6.51. The van der Waals surface area contributed by atoms with E-state index < -0.39 is 22.5 Å². The summed E-state index contributed by atoms with van der Waals surface area (Å²) in [6.45, 7) is 1.95. The zero-order valence-electron chi connectivity index (χ0n) is 14.7. The first-order chi connectivity index (χ1) is 11.8. The molecule has 2 rings (SSSR count). The number of nitrogens with zero attached hydrogens (tertiary/aromatic N) is 4. The summed E-state index contributed by atoms with van der Waals surface area (Å²) in [5.74, 6) is -0.0883. The zero-order chi connectivity index (χ0) is 18.7. The molecule has 0 spiro atoms. The van der Waals surface area contributed by atoms with Gasteiger partial charge >= 0.3 is 11.7 Å². The first kappa shape index (κ1) is 19.1. The summed E-state index contributed by atoms with van der Waals surface area (Å²) < 4.78 is 12.1. The molecule has 0 radical (unpaired) electrons. The van der Waals surface area contributed by atoms with Gasteiger partial charge in [0.1, 0.15) is 22.3 Å². The summed E-state index contributed by atoms with van der Waals surface area (Å²) >= 11 is 1.12. The van der Waals surface area contributed by atoms with Crippen LogP contribution in [0.25, 0.3) is 11.0 Å². The van der Waals surface area contributed by atoms with Crippen LogP contribution in [-0.2, 0) is 35.0 Å². The van der Waals surface area contributed by atoms with Crippen LogP contribution in [-0.4, -0.2) is 44.5 Å². The average Bonchev–Trinajstić information content (AvgIpc) is 2.61. The van der Waals surface area contributed by atoms with Gasteiger partial charge in [-0.25, -0.2) is 14.8 Å². The van der Waals surface area contributed by atoms with Gasteiger partial charge in [0.2, 0.25) is 0 Å². The smallest absolute Gasteiger partial charge is 0.332 e. The van der Waals surface area contributed by atoms with Gasteiger partial charge in [0.15, 0.2) is 11.5 Å². The van der Waals surface area contributed by atoms with Gasteiger partial charge in [-0.15, -0.1) is 0 Å². The highest BCUT2D eigenvalue weighted by Crippen LogP contribution is 2.28. The fraction of sp³-hybridized carbons (Fsp3) is 0.533. The molecule has 9 nitrogen and oxygen atoms in total. The van der Waals surface area contributed by atoms with Crippen molar-refractivity contribution in [1.82, 2.24) is 19.1 Å². The first-order valence-corrected chi connectivity index (χ1v) is 8.43. The van der Waals surface area contributed by atoms with Crippen molar-refractivity contribution in [2.24, 2.45) is 14.1 Å². The van der Waals surface area contributed by atoms with Gasteiger partial charge in [-0.2, -0.15) is 0 Å². The molecule has 1 atom stereocenters. The normalized spacial score (nSPS) is 12.4. The number of ether oxygens (including phenoxy) is 2. The Hall–Kier alpha value is -2.20. The second kappa shape index (κ2) is 7.79. The Kier molecular flexibility index (Phi) is 5.96. The minimum absolute atomic E-state index is 0.113. The summed E-state index contributed by atoms with van der Waals surface area (Å²) in [5, 5.41) is -0.0114. The van der Waals surface area contributed by atoms with Crippen molar-refractivity contribution >= 4 is 28.8 Å². The summed E-state index contributed by atoms with van der Waals surface area (Å²) in [4.78, 5) is 45.3. The van der Waals surface area contributed by atoms with E-state index in [4.69, 9.17) is 9.47 Å². The maximum absolute atomic E-state index is 12.6. The molecule has 0 aliphatic heterocycles. The van der Waals surface area contributed by atoms with Gasteiger partial charge < -0.3 is 9.47 Å². The van der Waals surface area contributed by atoms with Crippen LogP contribution in [0.15, 0.2) is 14.6 Å². The minimum atomic E-state index is -0.527. The number of thioether (sulfide) groups is 1. The third-order valence-corrected chi connectivity index (χ3v) is 5.00. The number of carbonyl (C=O) groups is 1. The minimum Gasteiger partial charge on any atom is -0.468 e. The number of methoxy groups -OCH3 is 2. The monoisotopic (exact) mass is 368 g/mol. The summed E-state index contributed by atoms with van der Waals surface area (Å²) in [6.07, 6.45) is 0.495. The molecule has 2 heterocycles. The van der Waals surface area contributed by atoms with E-state index in [1.54, 1.807) is 0 Å². The van der Waals surface area contributed by atoms with Crippen molar-refractivity contribution in [3.63, 3.8) is 0 Å². The Morgan fingerprint density at radius 1 is 1.20 bits per heavy atom. The van der Waals surface area contributed by atoms with Crippen LogP contribution in [0.2, 0.25) is 0 Å². The SMILES string of the molecule is CC[C@H](Sc1nc(COC)nc2c1c(=O)n(C)c(=O)n2C)C(=O)OC. The molecule has 25 heavy (non-hydrogen) atoms. The van der Waals surface area contributed by atoms with E-state index in [2.05, 4.69) is 9.97 Å². The molecule has 0 bridgehead atoms. The Bertz CT molecular complexity index is 921. The molecule has 0 N–H and O–H groups in total. The van der Waals surface area contributed by atoms with Crippen molar-refractivity contribution in [2.45, 2.75) is 30.2 Å². The molecular formula is C15H20N4O5S. The van der Waals surface area contributed by atoms with Gasteiger partial charge in [-0.1, -0.05) is 18.7 Å². The van der Waals surface area contributed by atoms with Crippen molar-refractivity contribution in [3.8, 4) is 0 Å². The van der Waals surface area contributed by atoms with Crippen LogP contribution >= 0.6 is 11.8 Å². The Balaban J connectivity index is 2.78. The fourth-order valence-corrected chi connectivity index (χ4v) is 3.40. The van der Waals surface area contributed by atoms with Crippen LogP contribution < -0.4 is 11.2 Å². The predicted molar refractivity (Wildman–Crippen MR) is 92.7 cm³/mol. The lowest BCUT2D eigenvalue weighted by Gasteiger charge is -2.15. The lowest BCUT2D eigenvalue weighted by atomic mass is 10.3. The van der Waals surface area contributed by atoms with Gasteiger partial charge in [0, 0.05) is 21.2 Å². The molecule has 0 aromatic carbocycles. The molecule has 10 heteroatoms. The molecule has 2 aromatic heterocycles. The van der Waals surface area contributed by atoms with E-state index in [0.29, 0.717) is 17.3 Å². The highest BCUT2D eigenvalue weighted by Gasteiger charge is 2.24. The maximum atomic E-state index is 12.6. The predicted octanol–water partition coefficient (Wildman–Crippen LogP) is 0.217. The number of aromatic nitrogens is 4. The summed E-state index contributed by atoms with van der Waals surface area (Å²) in [7, 11) is 5.72. The van der Waals surface area contributed by atoms with Gasteiger partial charge in [-0.05, 0) is 6.42 Å². The number of hydrogen-bond acceptors (Lipinski definition) is 8. The fourth-order valence-electron chi connectivity index (χ4n) is 2.32. The number of carbonyl (C=O) groups excluding carboxylic acids is 1. The highest BCUT2D eigenvalue weighted by molar-refractivity contribution is 8.00. The molecule has 2 aromatic rings. The van der Waals surface area contributed by atoms with Crippen LogP contribution in [0.5, 0.6) is 0 Å². The van der Waals surface area contributed by atoms with Crippen molar-refractivity contribution in [1.29, 1.82) is 0 Å². The number of rotatable bonds is 6. The van der Waals surface area contributed by atoms with Crippen molar-refractivity contribution in [3.05, 3.63) is 26.7 Å². The van der Waals surface area contributed by atoms with E-state index in [9.17, 15) is 14.4 Å². The highest BCUT2D eigenvalue weighted by atomic mass is 32.2. The molecule has 0 aliphatic carbocycles. The molecule has 136 valence electrons. The lowest BCUT2D eigenvalue weighted by Crippen LogP contribution is -2.38. The van der Waals surface area contributed by atoms with Gasteiger partial charge in [0.25, 0.3) is 5.56 Å². The molecule has 0 aliphatic rings. The second-order valence-electron chi connectivity index (χ2n) is 5.32. The van der Waals surface area contributed by atoms with Crippen LogP contribution in [0, 0.1) is 0 Å². The largest absolute Gasteiger partial charge is 0.468 e. The molecule has 0 fully saturated rings. The number of hydrogen-bond donors (Lipinski definition) is 0. The maximum Gasteiger partial charge on any atom is 0.332 e. The Morgan fingerprint density at radius 2 is 1.88 bits per heavy atom. The summed E-state index contributed by atoms with van der Waals surface area (Å²) in [6, 6.07) is 0. The van der Waals surface area contributed by atoms with Gasteiger partial charge in [0.05, 0.1) is 7.11 Å². The quantitative estimate of drug-likeness (QED) is 0.405. The van der Waals surface area contributed by atoms with Crippen molar-refractivity contribution < 1.29 is 14.3 Å². The zero-order valence-corrected chi connectivity index (χ0v) is 15.5. The molecular weight excluding hydrogens is 348 g/mol. The van der Waals surface area contributed by atoms with Crippen LogP contribution in [0.4, 0.5) is 0 Å². The standard InChI is InChI=1S/C15H20N4O5S/c1-6-8(14(21)24-5)25-12-10-11(16-9(17-12)7-23-4)18(2)15(22)19(3)13(10)20/h8H,6-7H2,1-5H3/t8-/m0/s1. The Morgan fingerprint density at radius 3 is 2.44 bits per heavy atom. The van der Waals surface area contributed by atoms with Crippen LogP contribution in [0.3, 0.4) is 0 Å². The third kappa shape index (κ3) is 3.59. The number of esters is 1.